The predicted molar refractivity (Wildman–Crippen MR) is 60.5 cm³/mol. The van der Waals surface area contributed by atoms with Crippen LogP contribution in [0.3, 0.4) is 0 Å². The van der Waals surface area contributed by atoms with Gasteiger partial charge >= 0.3 is 0 Å². The largest absolute Gasteiger partial charge is 0.285 e. The van der Waals surface area contributed by atoms with E-state index in [0.29, 0.717) is 17.6 Å². The van der Waals surface area contributed by atoms with Crippen molar-refractivity contribution in [2.24, 2.45) is 5.41 Å². The van der Waals surface area contributed by atoms with Gasteiger partial charge in [0.05, 0.1) is 0 Å². The van der Waals surface area contributed by atoms with Gasteiger partial charge in [-0.25, -0.2) is 0 Å². The topological polar surface area (TPSA) is 34.1 Å². The van der Waals surface area contributed by atoms with Crippen molar-refractivity contribution in [3.05, 3.63) is 23.3 Å². The number of hydrogen-bond donors (Lipinski definition) is 0. The minimum atomic E-state index is -0.326. The highest BCUT2D eigenvalue weighted by molar-refractivity contribution is 6.50. The van der Waals surface area contributed by atoms with Crippen LogP contribution in [0.1, 0.15) is 40.5 Å². The van der Waals surface area contributed by atoms with Gasteiger partial charge in [-0.1, -0.05) is 46.3 Å². The maximum absolute atomic E-state index is 11.8. The van der Waals surface area contributed by atoms with Crippen LogP contribution in [0.25, 0.3) is 0 Å². The van der Waals surface area contributed by atoms with Gasteiger partial charge in [-0.05, 0) is 11.8 Å². The van der Waals surface area contributed by atoms with E-state index < -0.39 is 0 Å². The molecule has 0 heterocycles. The molecule has 0 N–H and O–H groups in total. The van der Waals surface area contributed by atoms with E-state index in [9.17, 15) is 9.59 Å². The highest BCUT2D eigenvalue weighted by atomic mass is 16.2. The number of allylic oxidation sites excluding steroid dienone is 4. The summed E-state index contributed by atoms with van der Waals surface area (Å²) in [6.45, 7) is 7.84. The quantitative estimate of drug-likeness (QED) is 0.514. The minimum Gasteiger partial charge on any atom is -0.285 e. The molecule has 0 saturated heterocycles. The summed E-state index contributed by atoms with van der Waals surface area (Å²) >= 11 is 0. The Bertz CT molecular complexity index is 351. The van der Waals surface area contributed by atoms with Crippen LogP contribution in [-0.2, 0) is 9.59 Å². The van der Waals surface area contributed by atoms with Crippen LogP contribution >= 0.6 is 0 Å². The summed E-state index contributed by atoms with van der Waals surface area (Å²) in [7, 11) is 0. The Kier molecular flexibility index (Phi) is 3.28. The third-order valence-corrected chi connectivity index (χ3v) is 2.52. The molecule has 0 unspecified atom stereocenters. The summed E-state index contributed by atoms with van der Waals surface area (Å²) in [6.07, 6.45) is 5.19. The molecule has 0 aliphatic heterocycles. The van der Waals surface area contributed by atoms with Crippen molar-refractivity contribution in [3.8, 4) is 0 Å². The summed E-state index contributed by atoms with van der Waals surface area (Å²) in [5.74, 6) is -0.641. The molecule has 2 heteroatoms. The summed E-state index contributed by atoms with van der Waals surface area (Å²) in [6, 6.07) is 0. The molecule has 0 amide bonds. The van der Waals surface area contributed by atoms with Crippen molar-refractivity contribution >= 4 is 11.6 Å². The van der Waals surface area contributed by atoms with Crippen molar-refractivity contribution in [1.82, 2.24) is 0 Å². The lowest BCUT2D eigenvalue weighted by atomic mass is 9.78. The number of rotatable bonds is 2. The van der Waals surface area contributed by atoms with Crippen LogP contribution in [0, 0.1) is 5.41 Å². The fourth-order valence-corrected chi connectivity index (χ4v) is 1.66. The smallest absolute Gasteiger partial charge is 0.229 e. The van der Waals surface area contributed by atoms with E-state index in [1.807, 2.05) is 27.7 Å². The highest BCUT2D eigenvalue weighted by Gasteiger charge is 2.31. The van der Waals surface area contributed by atoms with Crippen molar-refractivity contribution in [3.63, 3.8) is 0 Å². The maximum Gasteiger partial charge on any atom is 0.229 e. The van der Waals surface area contributed by atoms with E-state index in [-0.39, 0.29) is 17.0 Å². The molecule has 82 valence electrons. The van der Waals surface area contributed by atoms with Crippen molar-refractivity contribution in [2.75, 3.05) is 0 Å². The summed E-state index contributed by atoms with van der Waals surface area (Å²) in [4.78, 5) is 23.5. The number of Topliss-reactive ketones (excluding diaryl/α,β-unsaturated/α-hetero) is 2. The van der Waals surface area contributed by atoms with Crippen LogP contribution in [-0.4, -0.2) is 11.6 Å². The van der Waals surface area contributed by atoms with Gasteiger partial charge in [0, 0.05) is 11.1 Å². The normalized spacial score (nSPS) is 17.6. The van der Waals surface area contributed by atoms with Crippen molar-refractivity contribution < 1.29 is 9.59 Å². The molecule has 1 aliphatic carbocycles. The Labute approximate surface area is 91.1 Å². The number of ketones is 2. The molecule has 15 heavy (non-hydrogen) atoms. The number of carbonyl (C=O) groups is 2. The molecule has 0 fully saturated rings. The maximum atomic E-state index is 11.8. The van der Waals surface area contributed by atoms with Crippen molar-refractivity contribution in [1.29, 1.82) is 0 Å². The zero-order valence-corrected chi connectivity index (χ0v) is 9.89. The zero-order chi connectivity index (χ0) is 11.6. The van der Waals surface area contributed by atoms with Gasteiger partial charge in [-0.2, -0.15) is 0 Å². The van der Waals surface area contributed by atoms with Gasteiger partial charge in [0.1, 0.15) is 0 Å². The molecule has 0 radical (unpaired) electrons. The number of carbonyl (C=O) groups excluding carboxylic acids is 2. The zero-order valence-electron chi connectivity index (χ0n) is 9.89. The second-order valence-electron chi connectivity index (χ2n) is 4.93. The fourth-order valence-electron chi connectivity index (χ4n) is 1.66. The summed E-state index contributed by atoms with van der Waals surface area (Å²) < 4.78 is 0. The fraction of sp³-hybridized carbons (Fsp3) is 0.538. The SMILES string of the molecule is CCCC1=CC=C(C(C)(C)C)C(=O)C1=O. The molecule has 2 nitrogen and oxygen atoms in total. The van der Waals surface area contributed by atoms with Crippen LogP contribution in [0.2, 0.25) is 0 Å². The third-order valence-electron chi connectivity index (χ3n) is 2.52. The average Bonchev–Trinajstić information content (AvgIpc) is 2.11. The van der Waals surface area contributed by atoms with Gasteiger partial charge in [-0.3, -0.25) is 9.59 Å². The molecular formula is C13H18O2. The minimum absolute atomic E-state index is 0.249. The van der Waals surface area contributed by atoms with Crippen LogP contribution in [0.15, 0.2) is 23.3 Å². The van der Waals surface area contributed by atoms with Gasteiger partial charge in [-0.15, -0.1) is 0 Å². The Morgan fingerprint density at radius 1 is 1.07 bits per heavy atom. The molecule has 0 aromatic rings. The summed E-state index contributed by atoms with van der Waals surface area (Å²) in [5, 5.41) is 0. The van der Waals surface area contributed by atoms with Gasteiger partial charge in [0.25, 0.3) is 0 Å². The molecular weight excluding hydrogens is 188 g/mol. The van der Waals surface area contributed by atoms with Gasteiger partial charge < -0.3 is 0 Å². The van der Waals surface area contributed by atoms with Crippen LogP contribution in [0.4, 0.5) is 0 Å². The third kappa shape index (κ3) is 2.44. The van der Waals surface area contributed by atoms with Gasteiger partial charge in [0.2, 0.25) is 11.6 Å². The summed E-state index contributed by atoms with van der Waals surface area (Å²) in [5.41, 5.74) is 1.02. The first-order valence-corrected chi connectivity index (χ1v) is 5.38. The lowest BCUT2D eigenvalue weighted by Crippen LogP contribution is -2.28. The van der Waals surface area contributed by atoms with Crippen molar-refractivity contribution in [2.45, 2.75) is 40.5 Å². The molecule has 0 spiro atoms. The van der Waals surface area contributed by atoms with E-state index in [2.05, 4.69) is 0 Å². The lowest BCUT2D eigenvalue weighted by molar-refractivity contribution is -0.132. The Hall–Kier alpha value is -1.18. The molecule has 0 atom stereocenters. The lowest BCUT2D eigenvalue weighted by Gasteiger charge is -2.23. The molecule has 0 aromatic carbocycles. The highest BCUT2D eigenvalue weighted by Crippen LogP contribution is 2.30. The Morgan fingerprint density at radius 2 is 1.67 bits per heavy atom. The second-order valence-corrected chi connectivity index (χ2v) is 4.93. The monoisotopic (exact) mass is 206 g/mol. The number of hydrogen-bond acceptors (Lipinski definition) is 2. The van der Waals surface area contributed by atoms with E-state index >= 15 is 0 Å². The predicted octanol–water partition coefficient (Wildman–Crippen LogP) is 2.84. The van der Waals surface area contributed by atoms with E-state index in [0.717, 1.165) is 6.42 Å². The van der Waals surface area contributed by atoms with Crippen LogP contribution < -0.4 is 0 Å². The van der Waals surface area contributed by atoms with Crippen LogP contribution in [0.5, 0.6) is 0 Å². The Balaban J connectivity index is 3.06. The second kappa shape index (κ2) is 4.13. The molecule has 0 aromatic heterocycles. The molecule has 0 bridgehead atoms. The van der Waals surface area contributed by atoms with Gasteiger partial charge in [0.15, 0.2) is 0 Å². The first kappa shape index (κ1) is 11.9. The average molecular weight is 206 g/mol. The van der Waals surface area contributed by atoms with E-state index in [1.54, 1.807) is 12.2 Å². The molecule has 1 rings (SSSR count). The standard InChI is InChI=1S/C13H18O2/c1-5-6-9-7-8-10(13(2,3)4)12(15)11(9)14/h7-8H,5-6H2,1-4H3. The molecule has 0 saturated carbocycles. The molecule has 1 aliphatic rings. The first-order valence-electron chi connectivity index (χ1n) is 5.38. The van der Waals surface area contributed by atoms with E-state index in [4.69, 9.17) is 0 Å². The Morgan fingerprint density at radius 3 is 2.13 bits per heavy atom. The first-order chi connectivity index (χ1) is 6.88. The van der Waals surface area contributed by atoms with E-state index in [1.165, 1.54) is 0 Å².